The molecule has 2 aliphatic heterocycles. The summed E-state index contributed by atoms with van der Waals surface area (Å²) in [4.78, 5) is 15.1. The number of piperidine rings is 1. The SMILES string of the molecule is Cc1cc(C(=O)CN2CCCCC2)c(C)n1-c1ccc2c(c1)OCCO2. The minimum absolute atomic E-state index is 0.212. The van der Waals surface area contributed by atoms with Gasteiger partial charge in [0.15, 0.2) is 17.3 Å². The predicted octanol–water partition coefficient (Wildman–Crippen LogP) is 3.53. The maximum absolute atomic E-state index is 12.9. The van der Waals surface area contributed by atoms with Gasteiger partial charge in [0, 0.05) is 28.7 Å². The fraction of sp³-hybridized carbons (Fsp3) is 0.476. The molecule has 2 aromatic rings. The van der Waals surface area contributed by atoms with Crippen molar-refractivity contribution in [2.75, 3.05) is 32.8 Å². The number of carbonyl (C=O) groups is 1. The Morgan fingerprint density at radius 1 is 1.00 bits per heavy atom. The molecule has 0 spiro atoms. The maximum atomic E-state index is 12.9. The van der Waals surface area contributed by atoms with E-state index in [9.17, 15) is 4.79 Å². The molecule has 5 heteroatoms. The average Bonchev–Trinajstić information content (AvgIpc) is 2.96. The molecule has 0 unspecified atom stereocenters. The number of hydrogen-bond acceptors (Lipinski definition) is 4. The Bertz CT molecular complexity index is 819. The Labute approximate surface area is 154 Å². The summed E-state index contributed by atoms with van der Waals surface area (Å²) in [6.07, 6.45) is 3.68. The molecule has 1 saturated heterocycles. The maximum Gasteiger partial charge on any atom is 0.178 e. The van der Waals surface area contributed by atoms with Crippen LogP contribution in [0.2, 0.25) is 0 Å². The number of Topliss-reactive ketones (excluding diaryl/α,β-unsaturated/α-hetero) is 1. The zero-order chi connectivity index (χ0) is 18.1. The van der Waals surface area contributed by atoms with E-state index in [4.69, 9.17) is 9.47 Å². The van der Waals surface area contributed by atoms with Crippen LogP contribution in [0, 0.1) is 13.8 Å². The molecule has 1 aromatic carbocycles. The van der Waals surface area contributed by atoms with Crippen molar-refractivity contribution in [3.8, 4) is 17.2 Å². The molecule has 26 heavy (non-hydrogen) atoms. The third kappa shape index (κ3) is 3.23. The molecule has 2 aliphatic rings. The van der Waals surface area contributed by atoms with Gasteiger partial charge in [0.2, 0.25) is 0 Å². The second-order valence-corrected chi connectivity index (χ2v) is 7.21. The Kier molecular flexibility index (Phi) is 4.72. The lowest BCUT2D eigenvalue weighted by Crippen LogP contribution is -2.34. The van der Waals surface area contributed by atoms with Crippen molar-refractivity contribution in [3.05, 3.63) is 41.2 Å². The monoisotopic (exact) mass is 354 g/mol. The number of carbonyl (C=O) groups excluding carboxylic acids is 1. The lowest BCUT2D eigenvalue weighted by molar-refractivity contribution is 0.0915. The van der Waals surface area contributed by atoms with E-state index < -0.39 is 0 Å². The zero-order valence-corrected chi connectivity index (χ0v) is 15.6. The molecule has 138 valence electrons. The molecule has 3 heterocycles. The summed E-state index contributed by atoms with van der Waals surface area (Å²) < 4.78 is 13.4. The molecule has 0 bridgehead atoms. The number of fused-ring (bicyclic) bond motifs is 1. The van der Waals surface area contributed by atoms with Gasteiger partial charge in [0.05, 0.1) is 6.54 Å². The minimum atomic E-state index is 0.212. The van der Waals surface area contributed by atoms with Crippen LogP contribution in [-0.4, -0.2) is 48.1 Å². The van der Waals surface area contributed by atoms with Crippen LogP contribution < -0.4 is 9.47 Å². The van der Waals surface area contributed by atoms with Crippen molar-refractivity contribution in [1.29, 1.82) is 0 Å². The topological polar surface area (TPSA) is 43.7 Å². The van der Waals surface area contributed by atoms with E-state index in [0.29, 0.717) is 19.8 Å². The largest absolute Gasteiger partial charge is 0.486 e. The van der Waals surface area contributed by atoms with Crippen LogP contribution in [0.25, 0.3) is 5.69 Å². The van der Waals surface area contributed by atoms with E-state index in [-0.39, 0.29) is 5.78 Å². The molecule has 4 rings (SSSR count). The summed E-state index contributed by atoms with van der Waals surface area (Å²) in [5, 5.41) is 0. The van der Waals surface area contributed by atoms with Gasteiger partial charge in [-0.05, 0) is 58.0 Å². The fourth-order valence-corrected chi connectivity index (χ4v) is 4.02. The average molecular weight is 354 g/mol. The summed E-state index contributed by atoms with van der Waals surface area (Å²) in [5.74, 6) is 1.76. The highest BCUT2D eigenvalue weighted by Crippen LogP contribution is 2.33. The number of nitrogens with zero attached hydrogens (tertiary/aromatic N) is 2. The first-order chi connectivity index (χ1) is 12.6. The van der Waals surface area contributed by atoms with Gasteiger partial charge in [0.1, 0.15) is 13.2 Å². The van der Waals surface area contributed by atoms with E-state index in [2.05, 4.69) is 9.47 Å². The number of hydrogen-bond donors (Lipinski definition) is 0. The van der Waals surface area contributed by atoms with Gasteiger partial charge >= 0.3 is 0 Å². The van der Waals surface area contributed by atoms with E-state index in [1.54, 1.807) is 0 Å². The van der Waals surface area contributed by atoms with Gasteiger partial charge in [-0.1, -0.05) is 6.42 Å². The van der Waals surface area contributed by atoms with Crippen molar-refractivity contribution in [2.45, 2.75) is 33.1 Å². The van der Waals surface area contributed by atoms with Crippen LogP contribution >= 0.6 is 0 Å². The van der Waals surface area contributed by atoms with Gasteiger partial charge in [-0.2, -0.15) is 0 Å². The quantitative estimate of drug-likeness (QED) is 0.788. The number of benzene rings is 1. The van der Waals surface area contributed by atoms with E-state index in [0.717, 1.165) is 47.2 Å². The zero-order valence-electron chi connectivity index (χ0n) is 15.6. The number of ether oxygens (including phenoxy) is 2. The molecular formula is C21H26N2O3. The van der Waals surface area contributed by atoms with Crippen LogP contribution in [0.1, 0.15) is 41.0 Å². The molecule has 0 atom stereocenters. The molecule has 0 aliphatic carbocycles. The Morgan fingerprint density at radius 3 is 2.50 bits per heavy atom. The molecule has 5 nitrogen and oxygen atoms in total. The van der Waals surface area contributed by atoms with Gasteiger partial charge in [-0.3, -0.25) is 9.69 Å². The first kappa shape index (κ1) is 17.2. The molecule has 0 radical (unpaired) electrons. The molecular weight excluding hydrogens is 328 g/mol. The number of likely N-dealkylation sites (tertiary alicyclic amines) is 1. The highest BCUT2D eigenvalue weighted by Gasteiger charge is 2.21. The smallest absolute Gasteiger partial charge is 0.178 e. The third-order valence-electron chi connectivity index (χ3n) is 5.33. The van der Waals surface area contributed by atoms with Crippen LogP contribution in [-0.2, 0) is 0 Å². The first-order valence-electron chi connectivity index (χ1n) is 9.48. The standard InChI is InChI=1S/C21H26N2O3/c1-15-12-18(19(24)14-22-8-4-3-5-9-22)16(2)23(15)17-6-7-20-21(13-17)26-11-10-25-20/h6-7,12-13H,3-5,8-11,14H2,1-2H3. The van der Waals surface area contributed by atoms with Crippen molar-refractivity contribution < 1.29 is 14.3 Å². The van der Waals surface area contributed by atoms with E-state index in [1.165, 1.54) is 19.3 Å². The van der Waals surface area contributed by atoms with Crippen molar-refractivity contribution in [3.63, 3.8) is 0 Å². The molecule has 1 aromatic heterocycles. The van der Waals surface area contributed by atoms with Crippen LogP contribution in [0.5, 0.6) is 11.5 Å². The number of aromatic nitrogens is 1. The van der Waals surface area contributed by atoms with Gasteiger partial charge in [-0.25, -0.2) is 0 Å². The lowest BCUT2D eigenvalue weighted by atomic mass is 10.1. The number of ketones is 1. The van der Waals surface area contributed by atoms with Crippen molar-refractivity contribution in [2.24, 2.45) is 0 Å². The van der Waals surface area contributed by atoms with Crippen LogP contribution in [0.3, 0.4) is 0 Å². The molecule has 0 N–H and O–H groups in total. The fourth-order valence-electron chi connectivity index (χ4n) is 4.02. The summed E-state index contributed by atoms with van der Waals surface area (Å²) in [7, 11) is 0. The lowest BCUT2D eigenvalue weighted by Gasteiger charge is -2.25. The normalized spacial score (nSPS) is 17.3. The second-order valence-electron chi connectivity index (χ2n) is 7.21. The summed E-state index contributed by atoms with van der Waals surface area (Å²) in [6.45, 7) is 7.81. The van der Waals surface area contributed by atoms with Gasteiger partial charge in [-0.15, -0.1) is 0 Å². The Hall–Kier alpha value is -2.27. The minimum Gasteiger partial charge on any atom is -0.486 e. The highest BCUT2D eigenvalue weighted by molar-refractivity contribution is 5.99. The van der Waals surface area contributed by atoms with Crippen LogP contribution in [0.4, 0.5) is 0 Å². The van der Waals surface area contributed by atoms with Crippen molar-refractivity contribution >= 4 is 5.78 Å². The Balaban J connectivity index is 1.61. The van der Waals surface area contributed by atoms with Crippen molar-refractivity contribution in [1.82, 2.24) is 9.47 Å². The third-order valence-corrected chi connectivity index (χ3v) is 5.33. The van der Waals surface area contributed by atoms with Crippen LogP contribution in [0.15, 0.2) is 24.3 Å². The predicted molar refractivity (Wildman–Crippen MR) is 101 cm³/mol. The second kappa shape index (κ2) is 7.16. The van der Waals surface area contributed by atoms with Gasteiger partial charge in [0.25, 0.3) is 0 Å². The Morgan fingerprint density at radius 2 is 1.73 bits per heavy atom. The summed E-state index contributed by atoms with van der Waals surface area (Å²) >= 11 is 0. The number of rotatable bonds is 4. The summed E-state index contributed by atoms with van der Waals surface area (Å²) in [6, 6.07) is 7.97. The molecule has 0 amide bonds. The summed E-state index contributed by atoms with van der Waals surface area (Å²) in [5.41, 5.74) is 3.87. The first-order valence-corrected chi connectivity index (χ1v) is 9.48. The molecule has 1 fully saturated rings. The van der Waals surface area contributed by atoms with E-state index >= 15 is 0 Å². The number of aryl methyl sites for hydroxylation is 1. The van der Waals surface area contributed by atoms with E-state index in [1.807, 2.05) is 38.1 Å². The molecule has 0 saturated carbocycles. The van der Waals surface area contributed by atoms with Gasteiger partial charge < -0.3 is 14.0 Å². The highest BCUT2D eigenvalue weighted by atomic mass is 16.6.